The zero-order valence-corrected chi connectivity index (χ0v) is 17.4. The molecule has 162 valence electrons. The zero-order valence-electron chi connectivity index (χ0n) is 17.4. The lowest BCUT2D eigenvalue weighted by molar-refractivity contribution is -0.118. The number of benzene rings is 3. The van der Waals surface area contributed by atoms with Crippen LogP contribution in [-0.4, -0.2) is 25.7 Å². The van der Waals surface area contributed by atoms with E-state index >= 15 is 0 Å². The van der Waals surface area contributed by atoms with Crippen molar-refractivity contribution in [1.82, 2.24) is 5.32 Å². The lowest BCUT2D eigenvalue weighted by Gasteiger charge is -2.17. The van der Waals surface area contributed by atoms with E-state index in [1.165, 1.54) is 6.07 Å². The highest BCUT2D eigenvalue weighted by atomic mass is 19.1. The van der Waals surface area contributed by atoms with Crippen molar-refractivity contribution in [2.24, 2.45) is 0 Å². The summed E-state index contributed by atoms with van der Waals surface area (Å²) in [6.45, 7) is 0.167. The number of nitrogens with one attached hydrogen (secondary N) is 2. The van der Waals surface area contributed by atoms with Crippen molar-refractivity contribution in [2.45, 2.75) is 18.3 Å². The lowest BCUT2D eigenvalue weighted by Crippen LogP contribution is -2.28. The maximum Gasteiger partial charge on any atom is 0.251 e. The first-order chi connectivity index (χ1) is 15.5. The van der Waals surface area contributed by atoms with Gasteiger partial charge in [-0.05, 0) is 65.9 Å². The van der Waals surface area contributed by atoms with Crippen LogP contribution in [0.2, 0.25) is 0 Å². The number of fused-ring (bicyclic) bond motifs is 1. The highest BCUT2D eigenvalue weighted by Crippen LogP contribution is 2.51. The fourth-order valence-corrected chi connectivity index (χ4v) is 3.97. The summed E-state index contributed by atoms with van der Waals surface area (Å²) < 4.78 is 25.3. The van der Waals surface area contributed by atoms with Crippen LogP contribution in [0.5, 0.6) is 11.5 Å². The van der Waals surface area contributed by atoms with E-state index in [4.69, 9.17) is 9.47 Å². The number of carbonyl (C=O) groups is 2. The summed E-state index contributed by atoms with van der Waals surface area (Å²) in [6.07, 6.45) is 1.36. The van der Waals surface area contributed by atoms with Gasteiger partial charge in [-0.15, -0.1) is 0 Å². The Morgan fingerprint density at radius 1 is 0.906 bits per heavy atom. The van der Waals surface area contributed by atoms with Gasteiger partial charge in [0, 0.05) is 12.6 Å². The predicted octanol–water partition coefficient (Wildman–Crippen LogP) is 4.25. The molecule has 0 saturated heterocycles. The Labute approximate surface area is 184 Å². The molecule has 1 saturated carbocycles. The van der Waals surface area contributed by atoms with Crippen molar-refractivity contribution in [3.8, 4) is 22.6 Å². The summed E-state index contributed by atoms with van der Waals surface area (Å²) >= 11 is 0. The molecule has 0 spiro atoms. The van der Waals surface area contributed by atoms with E-state index in [0.29, 0.717) is 29.9 Å². The summed E-state index contributed by atoms with van der Waals surface area (Å²) in [7, 11) is 1.57. The molecule has 0 bridgehead atoms. The average Bonchev–Trinajstić information content (AvgIpc) is 3.51. The van der Waals surface area contributed by atoms with Crippen molar-refractivity contribution in [3.05, 3.63) is 77.6 Å². The number of anilines is 1. The van der Waals surface area contributed by atoms with E-state index < -0.39 is 11.2 Å². The summed E-state index contributed by atoms with van der Waals surface area (Å²) in [5.41, 5.74) is 2.34. The normalized spacial score (nSPS) is 15.2. The first kappa shape index (κ1) is 20.1. The van der Waals surface area contributed by atoms with Gasteiger partial charge in [0.25, 0.3) is 5.91 Å². The standard InChI is InChI=1S/C25H21FN2O4/c1-27-23(29)16-4-2-15(3-5-16)17-6-8-19(26)20(12-17)28-24(30)25(10-11-25)18-7-9-21-22(13-18)32-14-31-21/h2-9,12-13H,10-11,14H2,1H3,(H,27,29)(H,28,30). The Balaban J connectivity index is 1.38. The second kappa shape index (κ2) is 7.67. The molecule has 1 aliphatic heterocycles. The zero-order chi connectivity index (χ0) is 22.3. The number of halogens is 1. The number of carbonyl (C=O) groups excluding carboxylic acids is 2. The molecule has 6 nitrogen and oxygen atoms in total. The number of rotatable bonds is 5. The van der Waals surface area contributed by atoms with Crippen LogP contribution < -0.4 is 20.1 Å². The number of hydrogen-bond acceptors (Lipinski definition) is 4. The summed E-state index contributed by atoms with van der Waals surface area (Å²) in [4.78, 5) is 24.9. The molecule has 32 heavy (non-hydrogen) atoms. The van der Waals surface area contributed by atoms with E-state index in [9.17, 15) is 14.0 Å². The van der Waals surface area contributed by atoms with E-state index in [0.717, 1.165) is 16.7 Å². The SMILES string of the molecule is CNC(=O)c1ccc(-c2ccc(F)c(NC(=O)C3(c4ccc5c(c4)OCO5)CC3)c2)cc1. The minimum absolute atomic E-state index is 0.120. The van der Waals surface area contributed by atoms with Gasteiger partial charge in [0.2, 0.25) is 12.7 Å². The van der Waals surface area contributed by atoms with Gasteiger partial charge in [-0.25, -0.2) is 4.39 Å². The number of hydrogen-bond donors (Lipinski definition) is 2. The molecule has 1 heterocycles. The molecule has 2 N–H and O–H groups in total. The minimum Gasteiger partial charge on any atom is -0.454 e. The summed E-state index contributed by atoms with van der Waals surface area (Å²) in [5, 5.41) is 5.35. The smallest absolute Gasteiger partial charge is 0.251 e. The topological polar surface area (TPSA) is 76.7 Å². The van der Waals surface area contributed by atoms with Crippen LogP contribution in [0, 0.1) is 5.82 Å². The van der Waals surface area contributed by atoms with Gasteiger partial charge in [-0.1, -0.05) is 24.3 Å². The Morgan fingerprint density at radius 3 is 2.34 bits per heavy atom. The van der Waals surface area contributed by atoms with E-state index in [-0.39, 0.29) is 24.3 Å². The van der Waals surface area contributed by atoms with E-state index in [1.807, 2.05) is 12.1 Å². The fraction of sp³-hybridized carbons (Fsp3) is 0.200. The molecule has 0 atom stereocenters. The maximum absolute atomic E-state index is 14.5. The van der Waals surface area contributed by atoms with E-state index in [2.05, 4.69) is 10.6 Å². The molecule has 2 amide bonds. The van der Waals surface area contributed by atoms with Crippen LogP contribution in [0.15, 0.2) is 60.7 Å². The van der Waals surface area contributed by atoms with Gasteiger partial charge in [0.15, 0.2) is 11.5 Å². The minimum atomic E-state index is -0.696. The largest absolute Gasteiger partial charge is 0.454 e. The highest BCUT2D eigenvalue weighted by molar-refractivity contribution is 6.02. The van der Waals surface area contributed by atoms with E-state index in [1.54, 1.807) is 49.5 Å². The van der Waals surface area contributed by atoms with Crippen molar-refractivity contribution < 1.29 is 23.5 Å². The molecule has 1 fully saturated rings. The maximum atomic E-state index is 14.5. The van der Waals surface area contributed by atoms with Crippen molar-refractivity contribution in [3.63, 3.8) is 0 Å². The monoisotopic (exact) mass is 432 g/mol. The van der Waals surface area contributed by atoms with Gasteiger partial charge in [0.1, 0.15) is 5.82 Å². The average molecular weight is 432 g/mol. The summed E-state index contributed by atoms with van der Waals surface area (Å²) in [6, 6.07) is 17.1. The molecule has 5 rings (SSSR count). The van der Waals surface area contributed by atoms with Crippen LogP contribution in [0.4, 0.5) is 10.1 Å². The predicted molar refractivity (Wildman–Crippen MR) is 117 cm³/mol. The number of ether oxygens (including phenoxy) is 2. The first-order valence-corrected chi connectivity index (χ1v) is 10.3. The highest BCUT2D eigenvalue weighted by Gasteiger charge is 2.51. The van der Waals surface area contributed by atoms with Gasteiger partial charge < -0.3 is 20.1 Å². The second-order valence-electron chi connectivity index (χ2n) is 7.96. The molecular weight excluding hydrogens is 411 g/mol. The fourth-order valence-electron chi connectivity index (χ4n) is 3.97. The second-order valence-corrected chi connectivity index (χ2v) is 7.96. The third kappa shape index (κ3) is 3.45. The van der Waals surface area contributed by atoms with Crippen LogP contribution in [0.3, 0.4) is 0 Å². The molecule has 3 aromatic rings. The molecule has 0 unspecified atom stereocenters. The third-order valence-corrected chi connectivity index (χ3v) is 6.03. The first-order valence-electron chi connectivity index (χ1n) is 10.3. The molecule has 1 aliphatic carbocycles. The quantitative estimate of drug-likeness (QED) is 0.632. The number of amides is 2. The van der Waals surface area contributed by atoms with Crippen molar-refractivity contribution >= 4 is 17.5 Å². The van der Waals surface area contributed by atoms with Gasteiger partial charge in [0.05, 0.1) is 11.1 Å². The molecule has 3 aromatic carbocycles. The molecule has 0 aromatic heterocycles. The van der Waals surface area contributed by atoms with Crippen molar-refractivity contribution in [1.29, 1.82) is 0 Å². The Kier molecular flexibility index (Phi) is 4.81. The summed E-state index contributed by atoms with van der Waals surface area (Å²) in [5.74, 6) is 0.343. The molecule has 0 radical (unpaired) electrons. The Bertz CT molecular complexity index is 1220. The van der Waals surface area contributed by atoms with Gasteiger partial charge in [-0.3, -0.25) is 9.59 Å². The third-order valence-electron chi connectivity index (χ3n) is 6.03. The molecular formula is C25H21FN2O4. The Hall–Kier alpha value is -3.87. The Morgan fingerprint density at radius 2 is 1.62 bits per heavy atom. The molecule has 2 aliphatic rings. The lowest BCUT2D eigenvalue weighted by atomic mass is 9.94. The van der Waals surface area contributed by atoms with Crippen LogP contribution in [-0.2, 0) is 10.2 Å². The van der Waals surface area contributed by atoms with Crippen LogP contribution >= 0.6 is 0 Å². The van der Waals surface area contributed by atoms with Crippen molar-refractivity contribution in [2.75, 3.05) is 19.2 Å². The van der Waals surface area contributed by atoms with Crippen LogP contribution in [0.1, 0.15) is 28.8 Å². The van der Waals surface area contributed by atoms with Gasteiger partial charge in [-0.2, -0.15) is 0 Å². The molecule has 7 heteroatoms. The van der Waals surface area contributed by atoms with Gasteiger partial charge >= 0.3 is 0 Å². The van der Waals surface area contributed by atoms with Crippen LogP contribution in [0.25, 0.3) is 11.1 Å².